The van der Waals surface area contributed by atoms with E-state index in [1.807, 2.05) is 42.7 Å². The van der Waals surface area contributed by atoms with Crippen LogP contribution in [0.15, 0.2) is 42.7 Å². The Bertz CT molecular complexity index is 375. The van der Waals surface area contributed by atoms with Crippen LogP contribution in [0.3, 0.4) is 0 Å². The van der Waals surface area contributed by atoms with Crippen molar-refractivity contribution < 1.29 is 0 Å². The van der Waals surface area contributed by atoms with E-state index in [9.17, 15) is 0 Å². The third-order valence-electron chi connectivity index (χ3n) is 2.07. The Morgan fingerprint density at radius 1 is 1.14 bits per heavy atom. The predicted molar refractivity (Wildman–Crippen MR) is 59.0 cm³/mol. The van der Waals surface area contributed by atoms with Gasteiger partial charge in [-0.2, -0.15) is 0 Å². The molecule has 0 bridgehead atoms. The molecule has 1 aromatic carbocycles. The lowest BCUT2D eigenvalue weighted by Crippen LogP contribution is -1.98. The van der Waals surface area contributed by atoms with Crippen LogP contribution in [0.5, 0.6) is 0 Å². The molecular weight excluding hydrogens is 174 g/mol. The Kier molecular flexibility index (Phi) is 2.40. The fourth-order valence-corrected chi connectivity index (χ4v) is 1.27. The van der Waals surface area contributed by atoms with E-state index >= 15 is 0 Å². The van der Waals surface area contributed by atoms with Gasteiger partial charge in [0.2, 0.25) is 0 Å². The van der Waals surface area contributed by atoms with Gasteiger partial charge in [0.25, 0.3) is 0 Å². The Morgan fingerprint density at radius 2 is 1.93 bits per heavy atom. The minimum absolute atomic E-state index is 0.801. The quantitative estimate of drug-likeness (QED) is 0.645. The molecule has 1 aromatic heterocycles. The molecule has 0 amide bonds. The number of aromatic nitrogens is 1. The number of H-pyrrole nitrogens is 1. The number of hydrogen-bond acceptors (Lipinski definition) is 2. The number of nitrogens with one attached hydrogen (secondary N) is 2. The summed E-state index contributed by atoms with van der Waals surface area (Å²) in [6, 6.07) is 9.86. The Labute approximate surface area is 83.0 Å². The van der Waals surface area contributed by atoms with Crippen molar-refractivity contribution in [3.63, 3.8) is 0 Å². The monoisotopic (exact) mass is 187 g/mol. The molecule has 3 heteroatoms. The van der Waals surface area contributed by atoms with Crippen molar-refractivity contribution in [1.29, 1.82) is 0 Å². The molecule has 0 fully saturated rings. The maximum atomic E-state index is 5.59. The van der Waals surface area contributed by atoms with E-state index in [2.05, 4.69) is 10.3 Å². The molecule has 0 aliphatic rings. The highest BCUT2D eigenvalue weighted by Crippen LogP contribution is 2.09. The van der Waals surface area contributed by atoms with E-state index in [0.717, 1.165) is 17.9 Å². The first-order valence-corrected chi connectivity index (χ1v) is 4.56. The topological polar surface area (TPSA) is 53.8 Å². The van der Waals surface area contributed by atoms with Crippen LogP contribution in [0.25, 0.3) is 0 Å². The van der Waals surface area contributed by atoms with Crippen molar-refractivity contribution in [2.24, 2.45) is 0 Å². The number of nitrogens with two attached hydrogens (primary N) is 1. The summed E-state index contributed by atoms with van der Waals surface area (Å²) in [6.45, 7) is 0.818. The van der Waals surface area contributed by atoms with Crippen LogP contribution >= 0.6 is 0 Å². The van der Waals surface area contributed by atoms with Gasteiger partial charge in [0, 0.05) is 24.6 Å². The second-order valence-electron chi connectivity index (χ2n) is 3.19. The van der Waals surface area contributed by atoms with Crippen molar-refractivity contribution >= 4 is 11.4 Å². The SMILES string of the molecule is Nc1ccc(CNc2cc[nH]c2)cc1. The summed E-state index contributed by atoms with van der Waals surface area (Å²) in [4.78, 5) is 2.99. The molecule has 4 N–H and O–H groups in total. The molecule has 2 aromatic rings. The van der Waals surface area contributed by atoms with Gasteiger partial charge in [-0.1, -0.05) is 12.1 Å². The largest absolute Gasteiger partial charge is 0.399 e. The average Bonchev–Trinajstić information content (AvgIpc) is 2.70. The summed E-state index contributed by atoms with van der Waals surface area (Å²) in [7, 11) is 0. The maximum absolute atomic E-state index is 5.59. The fraction of sp³-hybridized carbons (Fsp3) is 0.0909. The number of rotatable bonds is 3. The lowest BCUT2D eigenvalue weighted by molar-refractivity contribution is 1.15. The molecule has 0 aliphatic heterocycles. The highest BCUT2D eigenvalue weighted by Gasteiger charge is 1.93. The Hall–Kier alpha value is -1.90. The zero-order chi connectivity index (χ0) is 9.80. The van der Waals surface area contributed by atoms with Crippen molar-refractivity contribution in [3.05, 3.63) is 48.3 Å². The number of anilines is 2. The fourth-order valence-electron chi connectivity index (χ4n) is 1.27. The first kappa shape index (κ1) is 8.69. The van der Waals surface area contributed by atoms with E-state index in [4.69, 9.17) is 5.73 Å². The van der Waals surface area contributed by atoms with Crippen LogP contribution in [0.2, 0.25) is 0 Å². The second kappa shape index (κ2) is 3.87. The van der Waals surface area contributed by atoms with Crippen LogP contribution < -0.4 is 11.1 Å². The molecule has 0 saturated heterocycles. The minimum Gasteiger partial charge on any atom is -0.399 e. The average molecular weight is 187 g/mol. The first-order valence-electron chi connectivity index (χ1n) is 4.56. The highest BCUT2D eigenvalue weighted by atomic mass is 14.9. The zero-order valence-corrected chi connectivity index (χ0v) is 7.83. The third kappa shape index (κ3) is 2.07. The highest BCUT2D eigenvalue weighted by molar-refractivity contribution is 5.43. The maximum Gasteiger partial charge on any atom is 0.0520 e. The van der Waals surface area contributed by atoms with Crippen molar-refractivity contribution in [2.45, 2.75) is 6.54 Å². The number of hydrogen-bond donors (Lipinski definition) is 3. The van der Waals surface area contributed by atoms with Crippen LogP contribution in [-0.4, -0.2) is 4.98 Å². The first-order chi connectivity index (χ1) is 6.84. The lowest BCUT2D eigenvalue weighted by atomic mass is 10.2. The van der Waals surface area contributed by atoms with Gasteiger partial charge < -0.3 is 16.0 Å². The van der Waals surface area contributed by atoms with Crippen molar-refractivity contribution in [2.75, 3.05) is 11.1 Å². The van der Waals surface area contributed by atoms with E-state index in [1.54, 1.807) is 0 Å². The van der Waals surface area contributed by atoms with Crippen LogP contribution in [0.1, 0.15) is 5.56 Å². The number of benzene rings is 1. The summed E-state index contributed by atoms with van der Waals surface area (Å²) < 4.78 is 0. The predicted octanol–water partition coefficient (Wildman–Crippen LogP) is 2.21. The number of aromatic amines is 1. The molecule has 0 radical (unpaired) electrons. The molecule has 14 heavy (non-hydrogen) atoms. The van der Waals surface area contributed by atoms with Gasteiger partial charge in [-0.05, 0) is 23.8 Å². The Balaban J connectivity index is 1.95. The van der Waals surface area contributed by atoms with Gasteiger partial charge in [-0.25, -0.2) is 0 Å². The zero-order valence-electron chi connectivity index (χ0n) is 7.83. The molecule has 0 aliphatic carbocycles. The van der Waals surface area contributed by atoms with Crippen LogP contribution in [0.4, 0.5) is 11.4 Å². The van der Waals surface area contributed by atoms with E-state index in [-0.39, 0.29) is 0 Å². The van der Waals surface area contributed by atoms with Gasteiger partial charge in [0.05, 0.1) is 5.69 Å². The number of nitrogen functional groups attached to an aromatic ring is 1. The van der Waals surface area contributed by atoms with Gasteiger partial charge in [-0.15, -0.1) is 0 Å². The van der Waals surface area contributed by atoms with Crippen LogP contribution in [-0.2, 0) is 6.54 Å². The smallest absolute Gasteiger partial charge is 0.0520 e. The van der Waals surface area contributed by atoms with Gasteiger partial charge in [0.1, 0.15) is 0 Å². The molecule has 3 nitrogen and oxygen atoms in total. The Morgan fingerprint density at radius 3 is 2.57 bits per heavy atom. The molecule has 1 heterocycles. The molecule has 0 atom stereocenters. The van der Waals surface area contributed by atoms with E-state index in [1.165, 1.54) is 5.56 Å². The summed E-state index contributed by atoms with van der Waals surface area (Å²) in [5, 5.41) is 3.29. The van der Waals surface area contributed by atoms with Crippen molar-refractivity contribution in [3.8, 4) is 0 Å². The second-order valence-corrected chi connectivity index (χ2v) is 3.19. The molecular formula is C11H13N3. The summed E-state index contributed by atoms with van der Waals surface area (Å²) in [5.41, 5.74) is 8.71. The van der Waals surface area contributed by atoms with Gasteiger partial charge in [0.15, 0.2) is 0 Å². The molecule has 0 unspecified atom stereocenters. The van der Waals surface area contributed by atoms with Crippen LogP contribution in [0, 0.1) is 0 Å². The summed E-state index contributed by atoms with van der Waals surface area (Å²) >= 11 is 0. The molecule has 0 saturated carbocycles. The lowest BCUT2D eigenvalue weighted by Gasteiger charge is -2.03. The van der Waals surface area contributed by atoms with E-state index < -0.39 is 0 Å². The molecule has 72 valence electrons. The van der Waals surface area contributed by atoms with E-state index in [0.29, 0.717) is 0 Å². The normalized spacial score (nSPS) is 10.0. The minimum atomic E-state index is 0.801. The summed E-state index contributed by atoms with van der Waals surface area (Å²) in [6.07, 6.45) is 3.82. The van der Waals surface area contributed by atoms with Crippen molar-refractivity contribution in [1.82, 2.24) is 4.98 Å². The van der Waals surface area contributed by atoms with Gasteiger partial charge >= 0.3 is 0 Å². The summed E-state index contributed by atoms with van der Waals surface area (Å²) in [5.74, 6) is 0. The third-order valence-corrected chi connectivity index (χ3v) is 2.07. The van der Waals surface area contributed by atoms with Gasteiger partial charge in [-0.3, -0.25) is 0 Å². The molecule has 2 rings (SSSR count). The standard InChI is InChI=1S/C11H13N3/c12-10-3-1-9(2-4-10)7-14-11-5-6-13-8-11/h1-6,8,13-14H,7,12H2. The molecule has 0 spiro atoms.